The molecule has 1 saturated carbocycles. The fraction of sp³-hybridized carbons (Fsp3) is 0.500. The van der Waals surface area contributed by atoms with Crippen LogP contribution in [0.4, 0.5) is 4.39 Å². The molecule has 1 aromatic carbocycles. The van der Waals surface area contributed by atoms with Gasteiger partial charge in [-0.2, -0.15) is 5.26 Å². The van der Waals surface area contributed by atoms with Crippen molar-refractivity contribution in [2.75, 3.05) is 13.2 Å². The van der Waals surface area contributed by atoms with Gasteiger partial charge in [-0.25, -0.2) is 4.39 Å². The Labute approximate surface area is 106 Å². The third-order valence-corrected chi connectivity index (χ3v) is 3.63. The molecule has 1 aliphatic rings. The first kappa shape index (κ1) is 12.8. The molecule has 0 aromatic heterocycles. The van der Waals surface area contributed by atoms with Gasteiger partial charge in [0.15, 0.2) is 0 Å². The predicted octanol–water partition coefficient (Wildman–Crippen LogP) is 2.45. The van der Waals surface area contributed by atoms with Crippen molar-refractivity contribution < 1.29 is 9.13 Å². The molecule has 1 aromatic rings. The lowest BCUT2D eigenvalue weighted by atomic mass is 9.97. The molecule has 0 bridgehead atoms. The van der Waals surface area contributed by atoms with Crippen LogP contribution in [-0.4, -0.2) is 13.2 Å². The van der Waals surface area contributed by atoms with E-state index in [1.165, 1.54) is 24.6 Å². The first-order valence-corrected chi connectivity index (χ1v) is 6.27. The van der Waals surface area contributed by atoms with Gasteiger partial charge in [-0.15, -0.1) is 0 Å². The van der Waals surface area contributed by atoms with Gasteiger partial charge < -0.3 is 10.5 Å². The molecule has 0 amide bonds. The number of halogens is 1. The fourth-order valence-corrected chi connectivity index (χ4v) is 2.56. The second-order valence-electron chi connectivity index (χ2n) is 4.75. The van der Waals surface area contributed by atoms with Crippen molar-refractivity contribution in [1.29, 1.82) is 5.26 Å². The van der Waals surface area contributed by atoms with Gasteiger partial charge >= 0.3 is 0 Å². The second-order valence-corrected chi connectivity index (χ2v) is 4.75. The van der Waals surface area contributed by atoms with Crippen molar-refractivity contribution in [3.05, 3.63) is 29.6 Å². The molecule has 2 rings (SSSR count). The Morgan fingerprint density at radius 1 is 1.39 bits per heavy atom. The van der Waals surface area contributed by atoms with E-state index in [1.807, 2.05) is 6.07 Å². The highest BCUT2D eigenvalue weighted by Crippen LogP contribution is 2.31. The maximum Gasteiger partial charge on any atom is 0.137 e. The highest BCUT2D eigenvalue weighted by Gasteiger charge is 2.26. The van der Waals surface area contributed by atoms with Gasteiger partial charge in [-0.1, -0.05) is 6.42 Å². The highest BCUT2D eigenvalue weighted by molar-refractivity contribution is 5.43. The zero-order chi connectivity index (χ0) is 13.0. The third kappa shape index (κ3) is 2.80. The standard InChI is InChI=1S/C14H17FN2O/c15-13-4-5-14(12(6-13)8-17)18-9-11-3-1-2-10(11)7-16/h4-6,10-11H,1-3,7,9,16H2. The van der Waals surface area contributed by atoms with Crippen LogP contribution < -0.4 is 10.5 Å². The summed E-state index contributed by atoms with van der Waals surface area (Å²) in [5, 5.41) is 8.92. The molecule has 2 atom stereocenters. The van der Waals surface area contributed by atoms with E-state index in [-0.39, 0.29) is 5.56 Å². The van der Waals surface area contributed by atoms with Gasteiger partial charge in [0, 0.05) is 0 Å². The van der Waals surface area contributed by atoms with Crippen molar-refractivity contribution >= 4 is 0 Å². The summed E-state index contributed by atoms with van der Waals surface area (Å²) < 4.78 is 18.6. The SMILES string of the molecule is N#Cc1cc(F)ccc1OCC1CCCC1CN. The Morgan fingerprint density at radius 2 is 2.17 bits per heavy atom. The number of ether oxygens (including phenoxy) is 1. The summed E-state index contributed by atoms with van der Waals surface area (Å²) in [6, 6.07) is 5.97. The zero-order valence-electron chi connectivity index (χ0n) is 10.2. The van der Waals surface area contributed by atoms with Gasteiger partial charge in [0.25, 0.3) is 0 Å². The van der Waals surface area contributed by atoms with E-state index < -0.39 is 5.82 Å². The predicted molar refractivity (Wildman–Crippen MR) is 66.5 cm³/mol. The summed E-state index contributed by atoms with van der Waals surface area (Å²) in [4.78, 5) is 0. The number of hydrogen-bond donors (Lipinski definition) is 1. The van der Waals surface area contributed by atoms with Crippen LogP contribution >= 0.6 is 0 Å². The van der Waals surface area contributed by atoms with Crippen LogP contribution in [0.1, 0.15) is 24.8 Å². The van der Waals surface area contributed by atoms with Gasteiger partial charge in [-0.3, -0.25) is 0 Å². The molecule has 0 aliphatic heterocycles. The summed E-state index contributed by atoms with van der Waals surface area (Å²) in [5.74, 6) is 1.00. The van der Waals surface area contributed by atoms with E-state index in [2.05, 4.69) is 0 Å². The van der Waals surface area contributed by atoms with E-state index in [0.29, 0.717) is 30.7 Å². The molecule has 0 radical (unpaired) electrons. The first-order valence-electron chi connectivity index (χ1n) is 6.27. The molecule has 0 heterocycles. The van der Waals surface area contributed by atoms with Crippen molar-refractivity contribution in [3.8, 4) is 11.8 Å². The van der Waals surface area contributed by atoms with Crippen molar-refractivity contribution in [1.82, 2.24) is 0 Å². The summed E-state index contributed by atoms with van der Waals surface area (Å²) >= 11 is 0. The van der Waals surface area contributed by atoms with Crippen molar-refractivity contribution in [2.24, 2.45) is 17.6 Å². The Morgan fingerprint density at radius 3 is 2.89 bits per heavy atom. The molecule has 0 spiro atoms. The van der Waals surface area contributed by atoms with Crippen LogP contribution in [0, 0.1) is 29.0 Å². The molecule has 1 fully saturated rings. The summed E-state index contributed by atoms with van der Waals surface area (Å²) in [6.07, 6.45) is 3.45. The number of benzene rings is 1. The molecule has 0 saturated heterocycles. The van der Waals surface area contributed by atoms with Gasteiger partial charge in [0.05, 0.1) is 12.2 Å². The normalized spacial score (nSPS) is 22.7. The highest BCUT2D eigenvalue weighted by atomic mass is 19.1. The van der Waals surface area contributed by atoms with Gasteiger partial charge in [-0.05, 0) is 49.4 Å². The fourth-order valence-electron chi connectivity index (χ4n) is 2.56. The quantitative estimate of drug-likeness (QED) is 0.890. The van der Waals surface area contributed by atoms with E-state index in [0.717, 1.165) is 12.8 Å². The van der Waals surface area contributed by atoms with Crippen LogP contribution in [0.25, 0.3) is 0 Å². The second kappa shape index (κ2) is 5.83. The summed E-state index contributed by atoms with van der Waals surface area (Å²) in [6.45, 7) is 1.24. The van der Waals surface area contributed by atoms with E-state index in [9.17, 15) is 4.39 Å². The molecule has 2 N–H and O–H groups in total. The molecular formula is C14H17FN2O. The van der Waals surface area contributed by atoms with Crippen LogP contribution in [0.15, 0.2) is 18.2 Å². The zero-order valence-corrected chi connectivity index (χ0v) is 10.2. The Hall–Kier alpha value is -1.60. The number of nitrogens with two attached hydrogens (primary N) is 1. The number of nitrogens with zero attached hydrogens (tertiary/aromatic N) is 1. The Bertz CT molecular complexity index is 456. The molecule has 3 nitrogen and oxygen atoms in total. The molecule has 4 heteroatoms. The Balaban J connectivity index is 2.00. The maximum absolute atomic E-state index is 13.0. The summed E-state index contributed by atoms with van der Waals surface area (Å²) in [7, 11) is 0. The van der Waals surface area contributed by atoms with Crippen LogP contribution in [0.2, 0.25) is 0 Å². The molecule has 18 heavy (non-hydrogen) atoms. The lowest BCUT2D eigenvalue weighted by molar-refractivity contribution is 0.216. The minimum Gasteiger partial charge on any atom is -0.492 e. The number of nitriles is 1. The molecular weight excluding hydrogens is 231 g/mol. The van der Waals surface area contributed by atoms with Gasteiger partial charge in [0.2, 0.25) is 0 Å². The lowest BCUT2D eigenvalue weighted by Gasteiger charge is -2.18. The van der Waals surface area contributed by atoms with E-state index in [1.54, 1.807) is 0 Å². The lowest BCUT2D eigenvalue weighted by Crippen LogP contribution is -2.23. The number of hydrogen-bond acceptors (Lipinski definition) is 3. The number of rotatable bonds is 4. The van der Waals surface area contributed by atoms with E-state index >= 15 is 0 Å². The van der Waals surface area contributed by atoms with Gasteiger partial charge in [0.1, 0.15) is 17.6 Å². The third-order valence-electron chi connectivity index (χ3n) is 3.63. The maximum atomic E-state index is 13.0. The average molecular weight is 248 g/mol. The topological polar surface area (TPSA) is 59.0 Å². The first-order chi connectivity index (χ1) is 8.74. The molecule has 96 valence electrons. The van der Waals surface area contributed by atoms with E-state index in [4.69, 9.17) is 15.7 Å². The minimum absolute atomic E-state index is 0.247. The van der Waals surface area contributed by atoms with Crippen molar-refractivity contribution in [2.45, 2.75) is 19.3 Å². The Kier molecular flexibility index (Phi) is 4.16. The largest absolute Gasteiger partial charge is 0.492 e. The smallest absolute Gasteiger partial charge is 0.137 e. The van der Waals surface area contributed by atoms with Crippen LogP contribution in [-0.2, 0) is 0 Å². The van der Waals surface area contributed by atoms with Crippen molar-refractivity contribution in [3.63, 3.8) is 0 Å². The summed E-state index contributed by atoms with van der Waals surface area (Å²) in [5.41, 5.74) is 5.96. The monoisotopic (exact) mass is 248 g/mol. The minimum atomic E-state index is -0.417. The molecule has 1 aliphatic carbocycles. The average Bonchev–Trinajstić information content (AvgIpc) is 2.84. The van der Waals surface area contributed by atoms with Crippen LogP contribution in [0.5, 0.6) is 5.75 Å². The van der Waals surface area contributed by atoms with Crippen LogP contribution in [0.3, 0.4) is 0 Å². The molecule has 2 unspecified atom stereocenters.